The molecule has 2 nitrogen and oxygen atoms in total. The summed E-state index contributed by atoms with van der Waals surface area (Å²) in [7, 11) is 0. The molecule has 0 radical (unpaired) electrons. The van der Waals surface area contributed by atoms with Crippen molar-refractivity contribution in [3.05, 3.63) is 101 Å². The molecular formula is C21H16ClNO. The van der Waals surface area contributed by atoms with Gasteiger partial charge in [0.15, 0.2) is 0 Å². The molecule has 0 bridgehead atoms. The van der Waals surface area contributed by atoms with E-state index in [1.807, 2.05) is 54.6 Å². The van der Waals surface area contributed by atoms with Gasteiger partial charge in [-0.05, 0) is 34.9 Å². The number of aldehydes is 1. The molecule has 0 saturated heterocycles. The fourth-order valence-electron chi connectivity index (χ4n) is 3.79. The zero-order valence-corrected chi connectivity index (χ0v) is 13.7. The molecule has 0 aliphatic carbocycles. The maximum Gasteiger partial charge on any atom is 0.143 e. The molecule has 1 atom stereocenters. The van der Waals surface area contributed by atoms with Crippen LogP contribution in [0, 0.1) is 0 Å². The van der Waals surface area contributed by atoms with E-state index in [0.717, 1.165) is 28.7 Å². The van der Waals surface area contributed by atoms with Crippen molar-refractivity contribution in [3.8, 4) is 0 Å². The van der Waals surface area contributed by atoms with Crippen molar-refractivity contribution >= 4 is 23.6 Å². The zero-order valence-electron chi connectivity index (χ0n) is 12.9. The molecule has 0 spiro atoms. The molecule has 24 heavy (non-hydrogen) atoms. The first-order valence-corrected chi connectivity index (χ1v) is 8.27. The number of nitrogens with one attached hydrogen (secondary N) is 1. The first kappa shape index (κ1) is 15.0. The maximum atomic E-state index is 12.0. The highest BCUT2D eigenvalue weighted by molar-refractivity contribution is 6.30. The van der Waals surface area contributed by atoms with Gasteiger partial charge < -0.3 is 10.1 Å². The van der Waals surface area contributed by atoms with Crippen LogP contribution >= 0.6 is 11.6 Å². The number of hydrogen-bond acceptors (Lipinski definition) is 2. The van der Waals surface area contributed by atoms with Gasteiger partial charge in [-0.15, -0.1) is 0 Å². The van der Waals surface area contributed by atoms with E-state index in [0.29, 0.717) is 5.02 Å². The highest BCUT2D eigenvalue weighted by Gasteiger charge is 2.49. The van der Waals surface area contributed by atoms with E-state index in [9.17, 15) is 4.79 Å². The van der Waals surface area contributed by atoms with Gasteiger partial charge in [0.05, 0.1) is 11.5 Å². The van der Waals surface area contributed by atoms with Crippen LogP contribution in [-0.4, -0.2) is 12.3 Å². The first-order chi connectivity index (χ1) is 11.8. The van der Waals surface area contributed by atoms with Crippen LogP contribution in [0.4, 0.5) is 5.69 Å². The average molecular weight is 334 g/mol. The normalized spacial score (nSPS) is 17.8. The lowest BCUT2D eigenvalue weighted by molar-refractivity contribution is -0.109. The molecule has 3 aromatic carbocycles. The van der Waals surface area contributed by atoms with Crippen molar-refractivity contribution in [2.24, 2.45) is 0 Å². The molecule has 118 valence electrons. The third-order valence-corrected chi connectivity index (χ3v) is 5.01. The molecule has 0 aromatic heterocycles. The van der Waals surface area contributed by atoms with Crippen LogP contribution in [0.25, 0.3) is 0 Å². The van der Waals surface area contributed by atoms with Crippen LogP contribution in [0.5, 0.6) is 0 Å². The SMILES string of the molecule is O=CC1Nc2ccc(Cl)cc2C1(c1ccccc1)c1ccccc1. The predicted octanol–water partition coefficient (Wildman–Crippen LogP) is 4.67. The fraction of sp³-hybridized carbons (Fsp3) is 0.0952. The third-order valence-electron chi connectivity index (χ3n) is 4.78. The Hall–Kier alpha value is -2.58. The summed E-state index contributed by atoms with van der Waals surface area (Å²) in [6, 6.07) is 25.6. The number of benzene rings is 3. The average Bonchev–Trinajstić information content (AvgIpc) is 2.97. The second-order valence-corrected chi connectivity index (χ2v) is 6.42. The lowest BCUT2D eigenvalue weighted by atomic mass is 9.67. The van der Waals surface area contributed by atoms with E-state index in [4.69, 9.17) is 11.6 Å². The molecular weight excluding hydrogens is 318 g/mol. The molecule has 1 aliphatic rings. The smallest absolute Gasteiger partial charge is 0.143 e. The van der Waals surface area contributed by atoms with Crippen molar-refractivity contribution < 1.29 is 4.79 Å². The summed E-state index contributed by atoms with van der Waals surface area (Å²) in [6.07, 6.45) is 0.994. The lowest BCUT2D eigenvalue weighted by Gasteiger charge is -2.34. The summed E-state index contributed by atoms with van der Waals surface area (Å²) in [5, 5.41) is 4.04. The summed E-state index contributed by atoms with van der Waals surface area (Å²) in [5.41, 5.74) is 3.53. The van der Waals surface area contributed by atoms with Crippen LogP contribution < -0.4 is 5.32 Å². The number of hydrogen-bond donors (Lipinski definition) is 1. The molecule has 3 aromatic rings. The topological polar surface area (TPSA) is 29.1 Å². The fourth-order valence-corrected chi connectivity index (χ4v) is 3.96. The Morgan fingerprint density at radius 3 is 2.00 bits per heavy atom. The van der Waals surface area contributed by atoms with E-state index in [2.05, 4.69) is 29.6 Å². The van der Waals surface area contributed by atoms with Crippen LogP contribution in [-0.2, 0) is 10.2 Å². The number of carbonyl (C=O) groups excluding carboxylic acids is 1. The molecule has 1 aliphatic heterocycles. The van der Waals surface area contributed by atoms with Gasteiger partial charge in [-0.1, -0.05) is 72.3 Å². The van der Waals surface area contributed by atoms with Crippen molar-refractivity contribution in [1.29, 1.82) is 0 Å². The van der Waals surface area contributed by atoms with Crippen molar-refractivity contribution in [2.75, 3.05) is 5.32 Å². The highest BCUT2D eigenvalue weighted by atomic mass is 35.5. The summed E-state index contributed by atoms with van der Waals surface area (Å²) in [4.78, 5) is 12.0. The number of fused-ring (bicyclic) bond motifs is 1. The van der Waals surface area contributed by atoms with Gasteiger partial charge in [0, 0.05) is 10.7 Å². The summed E-state index contributed by atoms with van der Waals surface area (Å²) in [6.45, 7) is 0. The Bertz CT molecular complexity index is 837. The summed E-state index contributed by atoms with van der Waals surface area (Å²) in [5.74, 6) is 0. The second kappa shape index (κ2) is 5.81. The van der Waals surface area contributed by atoms with Crippen LogP contribution in [0.15, 0.2) is 78.9 Å². The van der Waals surface area contributed by atoms with Gasteiger partial charge >= 0.3 is 0 Å². The van der Waals surface area contributed by atoms with Gasteiger partial charge in [0.1, 0.15) is 6.29 Å². The monoisotopic (exact) mass is 333 g/mol. The molecule has 0 saturated carbocycles. The number of rotatable bonds is 3. The maximum absolute atomic E-state index is 12.0. The minimum atomic E-state index is -0.593. The van der Waals surface area contributed by atoms with Crippen LogP contribution in [0.2, 0.25) is 5.02 Å². The first-order valence-electron chi connectivity index (χ1n) is 7.89. The van der Waals surface area contributed by atoms with E-state index in [-0.39, 0.29) is 0 Å². The van der Waals surface area contributed by atoms with Gasteiger partial charge in [-0.25, -0.2) is 0 Å². The minimum absolute atomic E-state index is 0.393. The lowest BCUT2D eigenvalue weighted by Crippen LogP contribution is -2.42. The predicted molar refractivity (Wildman–Crippen MR) is 97.7 cm³/mol. The Kier molecular flexibility index (Phi) is 3.62. The molecule has 3 heteroatoms. The van der Waals surface area contributed by atoms with Crippen molar-refractivity contribution in [3.63, 3.8) is 0 Å². The minimum Gasteiger partial charge on any atom is -0.374 e. The molecule has 0 amide bonds. The van der Waals surface area contributed by atoms with Gasteiger partial charge in [-0.3, -0.25) is 0 Å². The van der Waals surface area contributed by atoms with Gasteiger partial charge in [-0.2, -0.15) is 0 Å². The van der Waals surface area contributed by atoms with Crippen LogP contribution in [0.1, 0.15) is 16.7 Å². The summed E-state index contributed by atoms with van der Waals surface area (Å²) >= 11 is 6.30. The Balaban J connectivity index is 2.10. The largest absolute Gasteiger partial charge is 0.374 e. The number of carbonyl (C=O) groups is 1. The Labute approximate surface area is 146 Å². The van der Waals surface area contributed by atoms with Crippen LogP contribution in [0.3, 0.4) is 0 Å². The molecule has 4 rings (SSSR count). The standard InChI is InChI=1S/C21H16ClNO/c22-17-11-12-19-18(13-17)21(20(14-24)23-19,15-7-3-1-4-8-15)16-9-5-2-6-10-16/h1-14,20,23H. The molecule has 1 N–H and O–H groups in total. The third kappa shape index (κ3) is 2.07. The molecule has 1 unspecified atom stereocenters. The van der Waals surface area contributed by atoms with E-state index in [1.54, 1.807) is 0 Å². The summed E-state index contributed by atoms with van der Waals surface area (Å²) < 4.78 is 0. The Morgan fingerprint density at radius 2 is 1.46 bits per heavy atom. The zero-order chi connectivity index (χ0) is 16.6. The van der Waals surface area contributed by atoms with E-state index < -0.39 is 11.5 Å². The Morgan fingerprint density at radius 1 is 0.875 bits per heavy atom. The quantitative estimate of drug-likeness (QED) is 0.706. The van der Waals surface area contributed by atoms with Crippen molar-refractivity contribution in [2.45, 2.75) is 11.5 Å². The highest BCUT2D eigenvalue weighted by Crippen LogP contribution is 2.50. The number of anilines is 1. The molecule has 1 heterocycles. The van der Waals surface area contributed by atoms with Crippen molar-refractivity contribution in [1.82, 2.24) is 0 Å². The van der Waals surface area contributed by atoms with E-state index >= 15 is 0 Å². The van der Waals surface area contributed by atoms with E-state index in [1.165, 1.54) is 0 Å². The molecule has 0 fully saturated rings. The van der Waals surface area contributed by atoms with Gasteiger partial charge in [0.2, 0.25) is 0 Å². The second-order valence-electron chi connectivity index (χ2n) is 5.99. The number of halogens is 1. The van der Waals surface area contributed by atoms with Gasteiger partial charge in [0.25, 0.3) is 0 Å².